The molecule has 0 bridgehead atoms. The van der Waals surface area contributed by atoms with Crippen molar-refractivity contribution in [3.8, 4) is 0 Å². The summed E-state index contributed by atoms with van der Waals surface area (Å²) < 4.78 is 0. The van der Waals surface area contributed by atoms with Crippen molar-refractivity contribution in [3.05, 3.63) is 0 Å². The van der Waals surface area contributed by atoms with E-state index in [0.29, 0.717) is 5.41 Å². The van der Waals surface area contributed by atoms with E-state index in [2.05, 4.69) is 33.0 Å². The monoisotopic (exact) mass is 211 g/mol. The van der Waals surface area contributed by atoms with Crippen LogP contribution in [-0.4, -0.2) is 12.6 Å². The molecule has 0 aromatic carbocycles. The summed E-state index contributed by atoms with van der Waals surface area (Å²) in [5.74, 6) is 0.865. The maximum absolute atomic E-state index is 3.72. The number of unbranched alkanes of at least 4 members (excludes halogenated alkanes) is 1. The molecule has 0 aromatic heterocycles. The van der Waals surface area contributed by atoms with Gasteiger partial charge in [-0.3, -0.25) is 0 Å². The van der Waals surface area contributed by atoms with Crippen LogP contribution in [0.25, 0.3) is 0 Å². The lowest BCUT2D eigenvalue weighted by atomic mass is 9.66. The summed E-state index contributed by atoms with van der Waals surface area (Å²) in [6.07, 6.45) is 8.35. The molecule has 0 spiro atoms. The molecule has 0 aliphatic carbocycles. The third-order valence-electron chi connectivity index (χ3n) is 4.22. The first-order chi connectivity index (χ1) is 7.14. The Hall–Kier alpha value is -0.0400. The highest BCUT2D eigenvalue weighted by atomic mass is 14.9. The van der Waals surface area contributed by atoms with Crippen molar-refractivity contribution >= 4 is 0 Å². The van der Waals surface area contributed by atoms with Gasteiger partial charge in [-0.1, -0.05) is 40.0 Å². The SMILES string of the molecule is CCCCC1(CCC)CC(C)CNC1C. The van der Waals surface area contributed by atoms with Crippen LogP contribution in [0.4, 0.5) is 0 Å². The van der Waals surface area contributed by atoms with Crippen molar-refractivity contribution in [3.63, 3.8) is 0 Å². The lowest BCUT2D eigenvalue weighted by Crippen LogP contribution is -2.50. The Balaban J connectivity index is 2.66. The first kappa shape index (κ1) is 13.0. The second-order valence-electron chi connectivity index (χ2n) is 5.66. The molecule has 0 radical (unpaired) electrons. The molecule has 1 aliphatic heterocycles. The van der Waals surface area contributed by atoms with Crippen molar-refractivity contribution in [2.24, 2.45) is 11.3 Å². The van der Waals surface area contributed by atoms with Gasteiger partial charge in [0, 0.05) is 6.04 Å². The summed E-state index contributed by atoms with van der Waals surface area (Å²) >= 11 is 0. The van der Waals surface area contributed by atoms with E-state index in [-0.39, 0.29) is 0 Å². The van der Waals surface area contributed by atoms with E-state index < -0.39 is 0 Å². The van der Waals surface area contributed by atoms with E-state index >= 15 is 0 Å². The van der Waals surface area contributed by atoms with Gasteiger partial charge in [0.25, 0.3) is 0 Å². The third kappa shape index (κ3) is 3.21. The molecular formula is C14H29N. The molecule has 1 fully saturated rings. The van der Waals surface area contributed by atoms with Gasteiger partial charge in [-0.05, 0) is 44.1 Å². The van der Waals surface area contributed by atoms with Crippen molar-refractivity contribution in [1.82, 2.24) is 5.32 Å². The molecule has 1 saturated heterocycles. The van der Waals surface area contributed by atoms with E-state index in [0.717, 1.165) is 12.0 Å². The lowest BCUT2D eigenvalue weighted by Gasteiger charge is -2.46. The molecule has 15 heavy (non-hydrogen) atoms. The molecule has 1 nitrogen and oxygen atoms in total. The number of piperidine rings is 1. The van der Waals surface area contributed by atoms with Crippen LogP contribution < -0.4 is 5.32 Å². The van der Waals surface area contributed by atoms with Crippen molar-refractivity contribution in [1.29, 1.82) is 0 Å². The minimum atomic E-state index is 0.600. The van der Waals surface area contributed by atoms with Crippen LogP contribution in [-0.2, 0) is 0 Å². The maximum Gasteiger partial charge on any atom is 0.00954 e. The molecule has 1 aliphatic rings. The second kappa shape index (κ2) is 5.89. The predicted octanol–water partition coefficient (Wildman–Crippen LogP) is 3.98. The van der Waals surface area contributed by atoms with E-state index in [4.69, 9.17) is 0 Å². The maximum atomic E-state index is 3.72. The van der Waals surface area contributed by atoms with Crippen LogP contribution in [0.5, 0.6) is 0 Å². The van der Waals surface area contributed by atoms with Crippen LogP contribution in [0.1, 0.15) is 66.2 Å². The minimum absolute atomic E-state index is 0.600. The van der Waals surface area contributed by atoms with Crippen LogP contribution in [0.15, 0.2) is 0 Å². The van der Waals surface area contributed by atoms with Crippen LogP contribution in [0, 0.1) is 11.3 Å². The summed E-state index contributed by atoms with van der Waals surface area (Å²) in [5, 5.41) is 3.72. The molecule has 90 valence electrons. The van der Waals surface area contributed by atoms with Gasteiger partial charge in [0.2, 0.25) is 0 Å². The molecule has 1 heteroatoms. The minimum Gasteiger partial charge on any atom is -0.313 e. The van der Waals surface area contributed by atoms with Gasteiger partial charge in [-0.15, -0.1) is 0 Å². The van der Waals surface area contributed by atoms with Crippen molar-refractivity contribution in [2.45, 2.75) is 72.3 Å². The van der Waals surface area contributed by atoms with Gasteiger partial charge >= 0.3 is 0 Å². The summed E-state index contributed by atoms with van der Waals surface area (Å²) in [6.45, 7) is 10.7. The topological polar surface area (TPSA) is 12.0 Å². The van der Waals surface area contributed by atoms with E-state index in [9.17, 15) is 0 Å². The van der Waals surface area contributed by atoms with E-state index in [1.807, 2.05) is 0 Å². The Morgan fingerprint density at radius 2 is 1.87 bits per heavy atom. The fraction of sp³-hybridized carbons (Fsp3) is 1.00. The average Bonchev–Trinajstić information content (AvgIpc) is 2.21. The second-order valence-corrected chi connectivity index (χ2v) is 5.66. The highest BCUT2D eigenvalue weighted by Crippen LogP contribution is 2.42. The van der Waals surface area contributed by atoms with E-state index in [1.165, 1.54) is 45.1 Å². The Bertz CT molecular complexity index is 178. The predicted molar refractivity (Wildman–Crippen MR) is 68.1 cm³/mol. The fourth-order valence-corrected chi connectivity index (χ4v) is 3.33. The first-order valence-electron chi connectivity index (χ1n) is 6.88. The normalized spacial score (nSPS) is 36.8. The summed E-state index contributed by atoms with van der Waals surface area (Å²) in [6, 6.07) is 0.722. The summed E-state index contributed by atoms with van der Waals surface area (Å²) in [7, 11) is 0. The van der Waals surface area contributed by atoms with Gasteiger partial charge in [0.05, 0.1) is 0 Å². The van der Waals surface area contributed by atoms with Crippen molar-refractivity contribution in [2.75, 3.05) is 6.54 Å². The van der Waals surface area contributed by atoms with Crippen LogP contribution in [0.3, 0.4) is 0 Å². The largest absolute Gasteiger partial charge is 0.313 e. The summed E-state index contributed by atoms with van der Waals surface area (Å²) in [4.78, 5) is 0. The Kier molecular flexibility index (Phi) is 5.11. The fourth-order valence-electron chi connectivity index (χ4n) is 3.33. The van der Waals surface area contributed by atoms with Gasteiger partial charge < -0.3 is 5.32 Å². The van der Waals surface area contributed by atoms with Gasteiger partial charge in [0.15, 0.2) is 0 Å². The molecule has 0 aromatic rings. The van der Waals surface area contributed by atoms with Crippen molar-refractivity contribution < 1.29 is 0 Å². The van der Waals surface area contributed by atoms with Gasteiger partial charge in [-0.2, -0.15) is 0 Å². The molecule has 1 heterocycles. The zero-order valence-electron chi connectivity index (χ0n) is 11.1. The van der Waals surface area contributed by atoms with Crippen LogP contribution >= 0.6 is 0 Å². The molecule has 3 unspecified atom stereocenters. The highest BCUT2D eigenvalue weighted by Gasteiger charge is 2.38. The zero-order chi connectivity index (χ0) is 11.3. The number of nitrogens with one attached hydrogen (secondary N) is 1. The lowest BCUT2D eigenvalue weighted by molar-refractivity contribution is 0.0839. The Morgan fingerprint density at radius 1 is 1.13 bits per heavy atom. The average molecular weight is 211 g/mol. The molecular weight excluding hydrogens is 182 g/mol. The highest BCUT2D eigenvalue weighted by molar-refractivity contribution is 4.93. The molecule has 3 atom stereocenters. The first-order valence-corrected chi connectivity index (χ1v) is 6.88. The number of hydrogen-bond donors (Lipinski definition) is 1. The quantitative estimate of drug-likeness (QED) is 0.725. The standard InChI is InChI=1S/C14H29N/c1-5-7-9-14(8-6-2)10-12(3)11-15-13(14)4/h12-13,15H,5-11H2,1-4H3. The van der Waals surface area contributed by atoms with Gasteiger partial charge in [0.1, 0.15) is 0 Å². The Morgan fingerprint density at radius 3 is 2.47 bits per heavy atom. The van der Waals surface area contributed by atoms with Gasteiger partial charge in [-0.25, -0.2) is 0 Å². The zero-order valence-corrected chi connectivity index (χ0v) is 11.1. The molecule has 1 N–H and O–H groups in total. The van der Waals surface area contributed by atoms with Crippen LogP contribution in [0.2, 0.25) is 0 Å². The Labute approximate surface area is 96.0 Å². The number of rotatable bonds is 5. The third-order valence-corrected chi connectivity index (χ3v) is 4.22. The molecule has 1 rings (SSSR count). The smallest absolute Gasteiger partial charge is 0.00954 e. The molecule has 0 amide bonds. The van der Waals surface area contributed by atoms with E-state index in [1.54, 1.807) is 0 Å². The number of hydrogen-bond acceptors (Lipinski definition) is 1. The summed E-state index contributed by atoms with van der Waals surface area (Å²) in [5.41, 5.74) is 0.600. The molecule has 0 saturated carbocycles.